The summed E-state index contributed by atoms with van der Waals surface area (Å²) in [6, 6.07) is 10.5. The van der Waals surface area contributed by atoms with Gasteiger partial charge in [0.25, 0.3) is 0 Å². The van der Waals surface area contributed by atoms with Gasteiger partial charge in [-0.2, -0.15) is 4.52 Å². The van der Waals surface area contributed by atoms with E-state index in [9.17, 15) is 9.59 Å². The summed E-state index contributed by atoms with van der Waals surface area (Å²) >= 11 is 0. The van der Waals surface area contributed by atoms with E-state index < -0.39 is 0 Å². The Kier molecular flexibility index (Phi) is 5.60. The molecule has 0 atom stereocenters. The number of nitrogens with one attached hydrogen (secondary N) is 2. The van der Waals surface area contributed by atoms with Gasteiger partial charge in [-0.25, -0.2) is 0 Å². The monoisotopic (exact) mass is 368 g/mol. The van der Waals surface area contributed by atoms with Crippen molar-refractivity contribution in [3.8, 4) is 5.88 Å². The average Bonchev–Trinajstić information content (AvgIpc) is 3.03. The first kappa shape index (κ1) is 18.3. The number of hydrogen-bond donors (Lipinski definition) is 2. The first-order chi connectivity index (χ1) is 13.0. The molecule has 2 heterocycles. The molecule has 0 bridgehead atoms. The number of amides is 2. The minimum Gasteiger partial charge on any atom is -0.480 e. The van der Waals surface area contributed by atoms with E-state index in [1.165, 1.54) is 6.92 Å². The van der Waals surface area contributed by atoms with Gasteiger partial charge < -0.3 is 15.4 Å². The zero-order valence-corrected chi connectivity index (χ0v) is 15.1. The number of fused-ring (bicyclic) bond motifs is 1. The number of nitrogens with zero attached hydrogens (tertiary/aromatic N) is 4. The average molecular weight is 368 g/mol. The molecule has 3 aromatic rings. The van der Waals surface area contributed by atoms with Crippen LogP contribution in [0.3, 0.4) is 0 Å². The Bertz CT molecular complexity index is 969. The fourth-order valence-corrected chi connectivity index (χ4v) is 2.59. The van der Waals surface area contributed by atoms with Crippen LogP contribution in [0.1, 0.15) is 25.6 Å². The van der Waals surface area contributed by atoms with Gasteiger partial charge >= 0.3 is 0 Å². The van der Waals surface area contributed by atoms with Crippen molar-refractivity contribution >= 4 is 28.8 Å². The number of hydrogen-bond acceptors (Lipinski definition) is 6. The lowest BCUT2D eigenvalue weighted by atomic mass is 10.2. The number of rotatable bonds is 7. The van der Waals surface area contributed by atoms with Crippen LogP contribution < -0.4 is 15.4 Å². The molecule has 0 radical (unpaired) electrons. The summed E-state index contributed by atoms with van der Waals surface area (Å²) in [5.74, 6) is 0.864. The highest BCUT2D eigenvalue weighted by molar-refractivity contribution is 5.93. The number of anilines is 2. The molecule has 1 aromatic carbocycles. The summed E-state index contributed by atoms with van der Waals surface area (Å²) in [6.45, 7) is 1.43. The molecule has 0 aliphatic carbocycles. The van der Waals surface area contributed by atoms with Gasteiger partial charge in [0.2, 0.25) is 17.7 Å². The normalized spacial score (nSPS) is 10.6. The molecule has 0 aliphatic heterocycles. The summed E-state index contributed by atoms with van der Waals surface area (Å²) in [5, 5.41) is 18.0. The molecule has 0 saturated carbocycles. The summed E-state index contributed by atoms with van der Waals surface area (Å²) in [6.07, 6.45) is 1.47. The number of carbonyl (C=O) groups excluding carboxylic acids is 2. The maximum absolute atomic E-state index is 12.2. The molecule has 0 aliphatic rings. The molecule has 9 heteroatoms. The van der Waals surface area contributed by atoms with Crippen LogP contribution in [-0.2, 0) is 16.0 Å². The van der Waals surface area contributed by atoms with Crippen molar-refractivity contribution in [2.24, 2.45) is 0 Å². The number of aromatic nitrogens is 4. The van der Waals surface area contributed by atoms with Gasteiger partial charge in [-0.3, -0.25) is 9.59 Å². The SMILES string of the molecule is COc1ccc2nnc(CCCC(=O)Nc3cccc(NC(C)=O)c3)n2n1. The van der Waals surface area contributed by atoms with Gasteiger partial charge in [-0.05, 0) is 30.7 Å². The minimum atomic E-state index is -0.163. The minimum absolute atomic E-state index is 0.116. The van der Waals surface area contributed by atoms with E-state index in [0.29, 0.717) is 48.0 Å². The van der Waals surface area contributed by atoms with E-state index in [0.717, 1.165) is 0 Å². The van der Waals surface area contributed by atoms with Gasteiger partial charge in [0.05, 0.1) is 7.11 Å². The van der Waals surface area contributed by atoms with Gasteiger partial charge in [0.1, 0.15) is 0 Å². The first-order valence-electron chi connectivity index (χ1n) is 8.48. The molecule has 27 heavy (non-hydrogen) atoms. The van der Waals surface area contributed by atoms with E-state index in [1.54, 1.807) is 48.0 Å². The molecule has 2 N–H and O–H groups in total. The van der Waals surface area contributed by atoms with Crippen molar-refractivity contribution in [3.05, 3.63) is 42.2 Å². The largest absolute Gasteiger partial charge is 0.480 e. The summed E-state index contributed by atoms with van der Waals surface area (Å²) in [4.78, 5) is 23.3. The fraction of sp³-hybridized carbons (Fsp3) is 0.278. The summed E-state index contributed by atoms with van der Waals surface area (Å²) in [7, 11) is 1.55. The van der Waals surface area contributed by atoms with Crippen molar-refractivity contribution < 1.29 is 14.3 Å². The van der Waals surface area contributed by atoms with Gasteiger partial charge in [0, 0.05) is 37.2 Å². The zero-order valence-electron chi connectivity index (χ0n) is 15.1. The molecule has 140 valence electrons. The smallest absolute Gasteiger partial charge is 0.231 e. The Hall–Kier alpha value is -3.49. The van der Waals surface area contributed by atoms with Crippen LogP contribution in [0, 0.1) is 0 Å². The lowest BCUT2D eigenvalue weighted by molar-refractivity contribution is -0.116. The van der Waals surface area contributed by atoms with Crippen LogP contribution in [0.2, 0.25) is 0 Å². The quantitative estimate of drug-likeness (QED) is 0.660. The van der Waals surface area contributed by atoms with Crippen LogP contribution in [0.5, 0.6) is 5.88 Å². The Labute approximate surface area is 155 Å². The molecule has 2 amide bonds. The van der Waals surface area contributed by atoms with Gasteiger partial charge in [-0.1, -0.05) is 6.07 Å². The van der Waals surface area contributed by atoms with E-state index in [1.807, 2.05) is 0 Å². The topological polar surface area (TPSA) is 111 Å². The van der Waals surface area contributed by atoms with Crippen molar-refractivity contribution in [1.29, 1.82) is 0 Å². The van der Waals surface area contributed by atoms with E-state index in [-0.39, 0.29) is 11.8 Å². The molecular weight excluding hydrogens is 348 g/mol. The van der Waals surface area contributed by atoms with Crippen LogP contribution in [0.15, 0.2) is 36.4 Å². The van der Waals surface area contributed by atoms with E-state index in [4.69, 9.17) is 4.74 Å². The lowest BCUT2D eigenvalue weighted by Crippen LogP contribution is -2.12. The molecule has 3 rings (SSSR count). The lowest BCUT2D eigenvalue weighted by Gasteiger charge is -2.07. The molecule has 9 nitrogen and oxygen atoms in total. The number of methoxy groups -OCH3 is 1. The second-order valence-electron chi connectivity index (χ2n) is 5.93. The third-order valence-electron chi connectivity index (χ3n) is 3.78. The fourth-order valence-electron chi connectivity index (χ4n) is 2.59. The third kappa shape index (κ3) is 4.78. The standard InChI is InChI=1S/C18H20N6O3/c1-12(25)19-13-5-3-6-14(11-13)20-17(26)8-4-7-15-21-22-16-9-10-18(27-2)23-24(15)16/h3,5-6,9-11H,4,7-8H2,1-2H3,(H,19,25)(H,20,26). The predicted molar refractivity (Wildman–Crippen MR) is 99.6 cm³/mol. The van der Waals surface area contributed by atoms with Crippen molar-refractivity contribution in [2.45, 2.75) is 26.2 Å². The predicted octanol–water partition coefficient (Wildman–Crippen LogP) is 2.05. The number of carbonyl (C=O) groups is 2. The number of ether oxygens (including phenoxy) is 1. The van der Waals surface area contributed by atoms with Gasteiger partial charge in [-0.15, -0.1) is 15.3 Å². The maximum Gasteiger partial charge on any atom is 0.231 e. The van der Waals surface area contributed by atoms with Crippen LogP contribution >= 0.6 is 0 Å². The zero-order chi connectivity index (χ0) is 19.2. The molecule has 0 unspecified atom stereocenters. The second-order valence-corrected chi connectivity index (χ2v) is 5.93. The summed E-state index contributed by atoms with van der Waals surface area (Å²) in [5.41, 5.74) is 1.89. The van der Waals surface area contributed by atoms with E-state index in [2.05, 4.69) is 25.9 Å². The van der Waals surface area contributed by atoms with Crippen LogP contribution in [0.4, 0.5) is 11.4 Å². The Balaban J connectivity index is 1.55. The maximum atomic E-state index is 12.2. The molecule has 0 saturated heterocycles. The third-order valence-corrected chi connectivity index (χ3v) is 3.78. The van der Waals surface area contributed by atoms with Crippen LogP contribution in [-0.4, -0.2) is 38.7 Å². The Morgan fingerprint density at radius 3 is 2.63 bits per heavy atom. The van der Waals surface area contributed by atoms with Crippen molar-refractivity contribution in [3.63, 3.8) is 0 Å². The molecular formula is C18H20N6O3. The highest BCUT2D eigenvalue weighted by Crippen LogP contribution is 2.16. The Morgan fingerprint density at radius 2 is 1.89 bits per heavy atom. The number of aryl methyl sites for hydroxylation is 1. The van der Waals surface area contributed by atoms with Crippen LogP contribution in [0.25, 0.3) is 5.65 Å². The highest BCUT2D eigenvalue weighted by atomic mass is 16.5. The van der Waals surface area contributed by atoms with Gasteiger partial charge in [0.15, 0.2) is 11.5 Å². The first-order valence-corrected chi connectivity index (χ1v) is 8.48. The highest BCUT2D eigenvalue weighted by Gasteiger charge is 2.10. The molecule has 2 aromatic heterocycles. The summed E-state index contributed by atoms with van der Waals surface area (Å²) < 4.78 is 6.73. The Morgan fingerprint density at radius 1 is 1.11 bits per heavy atom. The van der Waals surface area contributed by atoms with Crippen molar-refractivity contribution in [2.75, 3.05) is 17.7 Å². The van der Waals surface area contributed by atoms with E-state index >= 15 is 0 Å². The second kappa shape index (κ2) is 8.26. The molecule has 0 spiro atoms. The number of benzene rings is 1. The molecule has 0 fully saturated rings. The van der Waals surface area contributed by atoms with Crippen molar-refractivity contribution in [1.82, 2.24) is 19.8 Å².